The summed E-state index contributed by atoms with van der Waals surface area (Å²) in [5, 5.41) is 21.0. The molecule has 2 unspecified atom stereocenters. The molecule has 2 rings (SSSR count). The second-order valence-electron chi connectivity index (χ2n) is 5.54. The summed E-state index contributed by atoms with van der Waals surface area (Å²) in [6, 6.07) is 7.06. The summed E-state index contributed by atoms with van der Waals surface area (Å²) in [5.74, 6) is 0. The second-order valence-corrected chi connectivity index (χ2v) is 5.54. The Morgan fingerprint density at radius 1 is 1.35 bits per heavy atom. The summed E-state index contributed by atoms with van der Waals surface area (Å²) >= 11 is 0. The number of nitrogens with zero attached hydrogens (tertiary/aromatic N) is 2. The summed E-state index contributed by atoms with van der Waals surface area (Å²) in [6.45, 7) is 0.729. The maximum atomic E-state index is 11.0. The molecular weight excluding hydrogens is 256 g/mol. The van der Waals surface area contributed by atoms with Crippen LogP contribution in [0.3, 0.4) is 0 Å². The Bertz CT molecular complexity index is 464. The normalized spacial score (nSPS) is 22.9. The van der Waals surface area contributed by atoms with Crippen molar-refractivity contribution in [1.29, 1.82) is 0 Å². The number of aliphatic hydroxyl groups excluding tert-OH is 1. The van der Waals surface area contributed by atoms with E-state index in [1.54, 1.807) is 12.1 Å². The van der Waals surface area contributed by atoms with Gasteiger partial charge in [0.1, 0.15) is 0 Å². The minimum Gasteiger partial charge on any atom is -0.391 e. The van der Waals surface area contributed by atoms with Gasteiger partial charge >= 0.3 is 0 Å². The molecule has 1 N–H and O–H groups in total. The van der Waals surface area contributed by atoms with Crippen molar-refractivity contribution in [2.75, 3.05) is 13.6 Å². The third-order valence-corrected chi connectivity index (χ3v) is 4.18. The Morgan fingerprint density at radius 3 is 2.75 bits per heavy atom. The van der Waals surface area contributed by atoms with E-state index in [9.17, 15) is 15.2 Å². The smallest absolute Gasteiger partial charge is 0.272 e. The second kappa shape index (κ2) is 6.81. The molecule has 5 nitrogen and oxygen atoms in total. The Balaban J connectivity index is 1.96. The van der Waals surface area contributed by atoms with Gasteiger partial charge in [-0.25, -0.2) is 0 Å². The Hall–Kier alpha value is -1.46. The van der Waals surface area contributed by atoms with Crippen molar-refractivity contribution >= 4 is 5.69 Å². The fraction of sp³-hybridized carbons (Fsp3) is 0.600. The van der Waals surface area contributed by atoms with Crippen molar-refractivity contribution in [1.82, 2.24) is 4.90 Å². The van der Waals surface area contributed by atoms with Crippen LogP contribution < -0.4 is 0 Å². The van der Waals surface area contributed by atoms with Crippen LogP contribution in [-0.2, 0) is 6.42 Å². The standard InChI is InChI=1S/C15H22N2O3/c1-16(14-8-4-5-9-15(14)18)11-10-12-6-2-3-7-13(12)17(19)20/h2-3,6-7,14-15,18H,4-5,8-11H2,1H3. The first-order valence-corrected chi connectivity index (χ1v) is 7.20. The molecule has 0 heterocycles. The quantitative estimate of drug-likeness (QED) is 0.663. The van der Waals surface area contributed by atoms with E-state index in [4.69, 9.17) is 0 Å². The molecule has 0 saturated heterocycles. The molecule has 2 atom stereocenters. The number of hydrogen-bond acceptors (Lipinski definition) is 4. The maximum Gasteiger partial charge on any atom is 0.272 e. The highest BCUT2D eigenvalue weighted by atomic mass is 16.6. The third-order valence-electron chi connectivity index (χ3n) is 4.18. The van der Waals surface area contributed by atoms with Crippen LogP contribution in [0.1, 0.15) is 31.2 Å². The summed E-state index contributed by atoms with van der Waals surface area (Å²) < 4.78 is 0. The Kier molecular flexibility index (Phi) is 5.09. The first-order chi connectivity index (χ1) is 9.59. The van der Waals surface area contributed by atoms with E-state index >= 15 is 0 Å². The van der Waals surface area contributed by atoms with E-state index in [0.29, 0.717) is 6.42 Å². The average Bonchev–Trinajstić information content (AvgIpc) is 2.45. The number of para-hydroxylation sites is 1. The zero-order valence-corrected chi connectivity index (χ0v) is 11.9. The van der Waals surface area contributed by atoms with Gasteiger partial charge in [0.15, 0.2) is 0 Å². The van der Waals surface area contributed by atoms with Crippen molar-refractivity contribution in [3.05, 3.63) is 39.9 Å². The number of rotatable bonds is 5. The molecule has 1 aliphatic rings. The van der Waals surface area contributed by atoms with E-state index in [-0.39, 0.29) is 22.8 Å². The first kappa shape index (κ1) is 14.9. The van der Waals surface area contributed by atoms with E-state index in [0.717, 1.165) is 37.8 Å². The largest absolute Gasteiger partial charge is 0.391 e. The molecular formula is C15H22N2O3. The molecule has 20 heavy (non-hydrogen) atoms. The lowest BCUT2D eigenvalue weighted by Crippen LogP contribution is -2.44. The SMILES string of the molecule is CN(CCc1ccccc1[N+](=O)[O-])C1CCCCC1O. The van der Waals surface area contributed by atoms with Crippen LogP contribution in [0, 0.1) is 10.1 Å². The number of benzene rings is 1. The van der Waals surface area contributed by atoms with Crippen LogP contribution in [0.25, 0.3) is 0 Å². The van der Waals surface area contributed by atoms with Crippen molar-refractivity contribution < 1.29 is 10.0 Å². The van der Waals surface area contributed by atoms with Gasteiger partial charge in [0, 0.05) is 24.2 Å². The third kappa shape index (κ3) is 3.55. The molecule has 1 aromatic carbocycles. The predicted octanol–water partition coefficient (Wildman–Crippen LogP) is 2.37. The van der Waals surface area contributed by atoms with Crippen molar-refractivity contribution in [3.63, 3.8) is 0 Å². The van der Waals surface area contributed by atoms with E-state index < -0.39 is 0 Å². The predicted molar refractivity (Wildman–Crippen MR) is 77.7 cm³/mol. The molecule has 0 radical (unpaired) electrons. The van der Waals surface area contributed by atoms with E-state index in [2.05, 4.69) is 4.90 Å². The monoisotopic (exact) mass is 278 g/mol. The van der Waals surface area contributed by atoms with Gasteiger partial charge in [0.2, 0.25) is 0 Å². The molecule has 1 saturated carbocycles. The Morgan fingerprint density at radius 2 is 2.05 bits per heavy atom. The topological polar surface area (TPSA) is 66.6 Å². The van der Waals surface area contributed by atoms with Crippen LogP contribution >= 0.6 is 0 Å². The highest BCUT2D eigenvalue weighted by Gasteiger charge is 2.26. The van der Waals surface area contributed by atoms with Crippen molar-refractivity contribution in [2.24, 2.45) is 0 Å². The van der Waals surface area contributed by atoms with Gasteiger partial charge in [-0.05, 0) is 26.3 Å². The van der Waals surface area contributed by atoms with Gasteiger partial charge in [0.25, 0.3) is 5.69 Å². The number of aliphatic hydroxyl groups is 1. The number of likely N-dealkylation sites (N-methyl/N-ethyl adjacent to an activating group) is 1. The zero-order chi connectivity index (χ0) is 14.5. The lowest BCUT2D eigenvalue weighted by atomic mass is 9.91. The number of nitro groups is 1. The summed E-state index contributed by atoms with van der Waals surface area (Å²) in [6.07, 6.45) is 4.48. The molecule has 5 heteroatoms. The van der Waals surface area contributed by atoms with Gasteiger partial charge in [-0.2, -0.15) is 0 Å². The molecule has 0 aliphatic heterocycles. The molecule has 1 aromatic rings. The maximum absolute atomic E-state index is 11.0. The van der Waals surface area contributed by atoms with E-state index in [1.165, 1.54) is 0 Å². The molecule has 0 bridgehead atoms. The Labute approximate surface area is 119 Å². The fourth-order valence-corrected chi connectivity index (χ4v) is 2.97. The molecule has 0 amide bonds. The van der Waals surface area contributed by atoms with Crippen LogP contribution in [-0.4, -0.2) is 40.7 Å². The van der Waals surface area contributed by atoms with Crippen molar-refractivity contribution in [2.45, 2.75) is 44.2 Å². The van der Waals surface area contributed by atoms with E-state index in [1.807, 2.05) is 19.2 Å². The molecule has 0 aromatic heterocycles. The van der Waals surface area contributed by atoms with Crippen LogP contribution in [0.2, 0.25) is 0 Å². The van der Waals surface area contributed by atoms with Crippen LogP contribution in [0.4, 0.5) is 5.69 Å². The zero-order valence-electron chi connectivity index (χ0n) is 11.9. The van der Waals surface area contributed by atoms with Gasteiger partial charge in [-0.15, -0.1) is 0 Å². The van der Waals surface area contributed by atoms with Gasteiger partial charge in [-0.1, -0.05) is 31.0 Å². The van der Waals surface area contributed by atoms with Gasteiger partial charge in [-0.3, -0.25) is 10.1 Å². The molecule has 1 aliphatic carbocycles. The molecule has 0 spiro atoms. The fourth-order valence-electron chi connectivity index (χ4n) is 2.97. The lowest BCUT2D eigenvalue weighted by molar-refractivity contribution is -0.385. The minimum atomic E-state index is -0.329. The number of hydrogen-bond donors (Lipinski definition) is 1. The average molecular weight is 278 g/mol. The highest BCUT2D eigenvalue weighted by molar-refractivity contribution is 5.39. The molecule has 110 valence electrons. The van der Waals surface area contributed by atoms with Crippen LogP contribution in [0.5, 0.6) is 0 Å². The summed E-state index contributed by atoms with van der Waals surface area (Å²) in [4.78, 5) is 12.8. The highest BCUT2D eigenvalue weighted by Crippen LogP contribution is 2.23. The van der Waals surface area contributed by atoms with Crippen molar-refractivity contribution in [3.8, 4) is 0 Å². The number of nitro benzene ring substituents is 1. The summed E-state index contributed by atoms with van der Waals surface area (Å²) in [7, 11) is 1.99. The van der Waals surface area contributed by atoms with Crippen LogP contribution in [0.15, 0.2) is 24.3 Å². The minimum absolute atomic E-state index is 0.185. The van der Waals surface area contributed by atoms with Gasteiger partial charge < -0.3 is 10.0 Å². The van der Waals surface area contributed by atoms with Gasteiger partial charge in [0.05, 0.1) is 11.0 Å². The lowest BCUT2D eigenvalue weighted by Gasteiger charge is -2.35. The molecule has 1 fully saturated rings. The first-order valence-electron chi connectivity index (χ1n) is 7.20. The summed E-state index contributed by atoms with van der Waals surface area (Å²) in [5.41, 5.74) is 0.944.